The Hall–Kier alpha value is -12.7. The molecule has 2 atom stereocenters. The Morgan fingerprint density at radius 1 is 0.248 bits per heavy atom. The van der Waals surface area contributed by atoms with Crippen LogP contribution in [0.4, 0.5) is 0 Å². The van der Waals surface area contributed by atoms with E-state index in [1.807, 2.05) is 376 Å². The molecule has 3 aromatic heterocycles. The van der Waals surface area contributed by atoms with Crippen LogP contribution in [0.2, 0.25) is 0 Å². The molecular formula is C108H82N2O7P6S2. The highest BCUT2D eigenvalue weighted by Crippen LogP contribution is 2.51. The van der Waals surface area contributed by atoms with E-state index in [-0.39, 0.29) is 18.7 Å². The van der Waals surface area contributed by atoms with E-state index in [4.69, 9.17) is 6.02 Å². The second-order valence-corrected chi connectivity index (χ2v) is 43.9. The molecule has 0 saturated heterocycles. The first-order chi connectivity index (χ1) is 61.7. The predicted octanol–water partition coefficient (Wildman–Crippen LogP) is 23.5. The van der Waals surface area contributed by atoms with E-state index in [1.165, 1.54) is 21.5 Å². The van der Waals surface area contributed by atoms with E-state index in [1.54, 1.807) is 35.6 Å². The molecule has 0 aliphatic carbocycles. The maximum Gasteiger partial charge on any atom is 0.206 e. The first-order valence-corrected chi connectivity index (χ1v) is 52.2. The summed E-state index contributed by atoms with van der Waals surface area (Å²) >= 11 is 1.70. The zero-order valence-corrected chi connectivity index (χ0v) is 74.8. The molecule has 0 N–H and O–H groups in total. The Kier molecular flexibility index (Phi) is 23.8. The van der Waals surface area contributed by atoms with E-state index in [2.05, 4.69) is 90.9 Å². The number of rotatable bonds is 18. The first kappa shape index (κ1) is 81.9. The van der Waals surface area contributed by atoms with Crippen molar-refractivity contribution >= 4 is 195 Å². The van der Waals surface area contributed by atoms with E-state index in [9.17, 15) is 8.42 Å². The van der Waals surface area contributed by atoms with Gasteiger partial charge in [0.15, 0.2) is 28.6 Å². The van der Waals surface area contributed by atoms with Gasteiger partial charge in [-0.3, -0.25) is 0 Å². The molecule has 0 bridgehead atoms. The van der Waals surface area contributed by atoms with Gasteiger partial charge in [-0.1, -0.05) is 340 Å². The van der Waals surface area contributed by atoms with Crippen LogP contribution < -0.4 is 68.4 Å². The number of nitrogens with zero attached hydrogens (tertiary/aromatic N) is 2. The highest BCUT2D eigenvalue weighted by atomic mass is 32.2. The molecule has 0 radical (unpaired) electrons. The monoisotopic (exact) mass is 1770 g/mol. The van der Waals surface area contributed by atoms with Gasteiger partial charge in [0.1, 0.15) is 11.5 Å². The molecule has 0 saturated carbocycles. The predicted molar refractivity (Wildman–Crippen MR) is 536 cm³/mol. The first-order valence-electron chi connectivity index (χ1n) is 41.2. The lowest BCUT2D eigenvalue weighted by Crippen LogP contribution is -2.27. The average Bonchev–Trinajstić information content (AvgIpc) is 1.40. The fourth-order valence-electron chi connectivity index (χ4n) is 16.8. The number of hydrogen-bond donors (Lipinski definition) is 0. The van der Waals surface area contributed by atoms with Crippen molar-refractivity contribution in [1.82, 2.24) is 9.13 Å². The SMILES string of the molecule is O=P(c1ccccc1)(c1ccccc1)c1ccc2sc3ccc(P(=O)(c4ccccc4)c4ccccc4)cc3c2c1.O=P(c1ccccc1)(c1ccccc1)c1ccccc1Oc1ccccc1P(=O)(c1ccccc1)c1ccccc1.O=S(=O)(c1ccc(-n2c3ccccc3c3ccccc32)cc1)c1ccc(-n2c3ccccc3c3ccccc32)cc1.[3H]PP. The molecule has 0 aliphatic rings. The zero-order valence-electron chi connectivity index (χ0n) is 68.5. The maximum atomic E-state index is 15.2. The molecule has 0 fully saturated rings. The number of para-hydroxylation sites is 6. The normalized spacial score (nSPS) is 12.0. The van der Waals surface area contributed by atoms with Gasteiger partial charge < -0.3 is 32.1 Å². The molecule has 21 aromatic rings. The maximum absolute atomic E-state index is 15.2. The van der Waals surface area contributed by atoms with Crippen LogP contribution in [-0.2, 0) is 28.1 Å². The van der Waals surface area contributed by atoms with Gasteiger partial charge in [0.2, 0.25) is 9.84 Å². The Bertz CT molecular complexity index is 7080. The van der Waals surface area contributed by atoms with Gasteiger partial charge in [0, 0.05) is 106 Å². The van der Waals surface area contributed by atoms with Crippen LogP contribution in [0.15, 0.2) is 483 Å². The highest BCUT2D eigenvalue weighted by molar-refractivity contribution is 7.92. The Morgan fingerprint density at radius 2 is 0.472 bits per heavy atom. The van der Waals surface area contributed by atoms with Crippen LogP contribution in [-0.4, -0.2) is 18.8 Å². The second kappa shape index (κ2) is 36.2. The van der Waals surface area contributed by atoms with Crippen molar-refractivity contribution in [3.8, 4) is 22.9 Å². The van der Waals surface area contributed by atoms with Gasteiger partial charge in [0.25, 0.3) is 0 Å². The molecular weight excluding hydrogens is 1690 g/mol. The standard InChI is InChI=1S/C36H24N2O2S.C36H28O3P2.C36H26O2P2S.H4P2/c39-41(40,27-21-17-25(18-22-27)37-33-13-5-1-9-29(33)30-10-2-6-14-34(30)37)28-23-19-26(20-24-28)38-35-15-7-3-11-31(35)32-12-4-8-16-36(32)38;37-40(29-17-5-1-6-18-29,30-19-7-2-8-20-30)35-27-15-13-25-33(35)39-34-26-14-16-28-36(34)41(38,31-21-9-3-10-22-31)32-23-11-4-12-24-32;37-39(27-13-5-1-6-14-27,28-15-7-2-8-16-28)31-21-23-35-33(25-31)34-26-32(22-24-36(34)41-35)40(38,29-17-9-3-10-18-29)30-19-11-4-12-20-30;1-2/h1-24H;1-28H;1-26H;1-2H2/i;;;1T. The van der Waals surface area contributed by atoms with Gasteiger partial charge in [-0.05, 0) is 133 Å². The number of hydrogen-bond acceptors (Lipinski definition) is 8. The van der Waals surface area contributed by atoms with Gasteiger partial charge in [-0.2, -0.15) is 0 Å². The number of aromatic nitrogens is 2. The summed E-state index contributed by atoms with van der Waals surface area (Å²) < 4.78 is 107. The summed E-state index contributed by atoms with van der Waals surface area (Å²) in [5.41, 5.74) is 6.19. The Labute approximate surface area is 737 Å². The molecule has 0 spiro atoms. The van der Waals surface area contributed by atoms with Crippen LogP contribution in [0.1, 0.15) is 0 Å². The van der Waals surface area contributed by atoms with Gasteiger partial charge >= 0.3 is 0 Å². The second-order valence-electron chi connectivity index (χ2n) is 29.9. The minimum Gasteiger partial charge on any atom is -0.456 e. The third kappa shape index (κ3) is 15.7. The lowest BCUT2D eigenvalue weighted by molar-refractivity contribution is 0.489. The number of thiophene rings is 1. The molecule has 3 heterocycles. The van der Waals surface area contributed by atoms with Gasteiger partial charge in [-0.25, -0.2) is 8.42 Å². The van der Waals surface area contributed by atoms with Crippen molar-refractivity contribution in [1.29, 1.82) is 1.28 Å². The summed E-state index contributed by atoms with van der Waals surface area (Å²) in [5, 5.41) is 15.6. The fraction of sp³-hybridized carbons (Fsp3) is 0. The summed E-state index contributed by atoms with van der Waals surface area (Å²) in [6, 6.07) is 152. The molecule has 125 heavy (non-hydrogen) atoms. The average molecular weight is 1770 g/mol. The number of ether oxygens (including phenoxy) is 1. The molecule has 0 aliphatic heterocycles. The van der Waals surface area contributed by atoms with E-state index in [0.29, 0.717) is 22.1 Å². The van der Waals surface area contributed by atoms with Gasteiger partial charge in [0.05, 0.1) is 43.7 Å². The van der Waals surface area contributed by atoms with Crippen molar-refractivity contribution in [2.45, 2.75) is 9.79 Å². The summed E-state index contributed by atoms with van der Waals surface area (Å²) in [6.45, 7) is 0. The van der Waals surface area contributed by atoms with Crippen molar-refractivity contribution in [2.75, 3.05) is 0 Å². The summed E-state index contributed by atoms with van der Waals surface area (Å²) in [6.07, 6.45) is 0. The summed E-state index contributed by atoms with van der Waals surface area (Å²) in [7, 11) is -14.1. The van der Waals surface area contributed by atoms with Crippen LogP contribution in [0, 0.1) is 0 Å². The molecule has 608 valence electrons. The Balaban J connectivity index is 0.000000126. The third-order valence-electron chi connectivity index (χ3n) is 22.7. The largest absolute Gasteiger partial charge is 0.456 e. The third-order valence-corrected chi connectivity index (χ3v) is 38.0. The van der Waals surface area contributed by atoms with Crippen molar-refractivity contribution in [2.24, 2.45) is 0 Å². The van der Waals surface area contributed by atoms with Crippen LogP contribution in [0.5, 0.6) is 11.5 Å². The fourth-order valence-corrected chi connectivity index (χ4v) is 30.0. The van der Waals surface area contributed by atoms with Crippen LogP contribution in [0.25, 0.3) is 75.2 Å². The minimum atomic E-state index is -3.70. The minimum absolute atomic E-state index is 0.250. The van der Waals surface area contributed by atoms with E-state index >= 15 is 18.3 Å². The smallest absolute Gasteiger partial charge is 0.206 e. The quantitative estimate of drug-likeness (QED) is 0.0784. The number of sulfone groups is 1. The van der Waals surface area contributed by atoms with Gasteiger partial charge in [-0.15, -0.1) is 29.1 Å². The molecule has 0 amide bonds. The lowest BCUT2D eigenvalue weighted by atomic mass is 10.1. The van der Waals surface area contributed by atoms with E-state index in [0.717, 1.165) is 107 Å². The molecule has 18 aromatic carbocycles. The highest BCUT2D eigenvalue weighted by Gasteiger charge is 2.37. The lowest BCUT2D eigenvalue weighted by Gasteiger charge is -2.25. The van der Waals surface area contributed by atoms with Crippen molar-refractivity contribution < 1.29 is 31.4 Å². The van der Waals surface area contributed by atoms with Crippen LogP contribution >= 0.6 is 57.7 Å². The topological polar surface area (TPSA) is 122 Å². The number of fused-ring (bicyclic) bond motifs is 9. The van der Waals surface area contributed by atoms with E-state index < -0.39 is 38.4 Å². The molecule has 21 rings (SSSR count). The summed E-state index contributed by atoms with van der Waals surface area (Å²) in [5.74, 6) is 0.923. The molecule has 2 unspecified atom stereocenters. The zero-order chi connectivity index (χ0) is 86.3. The van der Waals surface area contributed by atoms with Crippen molar-refractivity contribution in [3.05, 3.63) is 473 Å². The van der Waals surface area contributed by atoms with Crippen molar-refractivity contribution in [3.63, 3.8) is 0 Å². The molecule has 9 nitrogen and oxygen atoms in total. The molecule has 17 heteroatoms. The summed E-state index contributed by atoms with van der Waals surface area (Å²) in [4.78, 5) is 0.540. The Morgan fingerprint density at radius 3 is 0.736 bits per heavy atom. The van der Waals surface area contributed by atoms with Crippen LogP contribution in [0.3, 0.4) is 0 Å². The number of benzene rings is 18.